The number of esters is 1. The van der Waals surface area contributed by atoms with E-state index in [1.165, 1.54) is 0 Å². The van der Waals surface area contributed by atoms with Crippen LogP contribution in [-0.2, 0) is 15.5 Å². The summed E-state index contributed by atoms with van der Waals surface area (Å²) < 4.78 is 19.2. The molecule has 24 heavy (non-hydrogen) atoms. The number of hydrogen-bond acceptors (Lipinski definition) is 4. The number of likely N-dealkylation sites (N-methyl/N-ethyl adjacent to an activating group) is 1. The van der Waals surface area contributed by atoms with Crippen molar-refractivity contribution in [2.45, 2.75) is 4.90 Å². The highest BCUT2D eigenvalue weighted by molar-refractivity contribution is 7.84. The quantitative estimate of drug-likeness (QED) is 0.668. The van der Waals surface area contributed by atoms with Gasteiger partial charge in [0.1, 0.15) is 6.61 Å². The molecule has 5 nitrogen and oxygen atoms in total. The van der Waals surface area contributed by atoms with Crippen molar-refractivity contribution in [2.24, 2.45) is 0 Å². The smallest absolute Gasteiger partial charge is 0.341 e. The summed E-state index contributed by atoms with van der Waals surface area (Å²) >= 11 is 0. The lowest BCUT2D eigenvalue weighted by Gasteiger charge is -2.09. The summed E-state index contributed by atoms with van der Waals surface area (Å²) in [5.41, 5.74) is 2.21. The molecule has 0 aliphatic rings. The first-order valence-electron chi connectivity index (χ1n) is 7.67. The van der Waals surface area contributed by atoms with E-state index < -0.39 is 10.8 Å². The molecule has 0 aliphatic heterocycles. The van der Waals surface area contributed by atoms with Crippen molar-refractivity contribution >= 4 is 33.2 Å². The molecule has 1 aromatic carbocycles. The van der Waals surface area contributed by atoms with Crippen LogP contribution < -0.4 is 0 Å². The van der Waals surface area contributed by atoms with Crippen LogP contribution in [-0.4, -0.2) is 53.0 Å². The number of benzene rings is 1. The summed E-state index contributed by atoms with van der Waals surface area (Å²) in [6.45, 7) is 1.02. The lowest BCUT2D eigenvalue weighted by Crippen LogP contribution is -2.20. The Bertz CT molecular complexity index is 931. The summed E-state index contributed by atoms with van der Waals surface area (Å²) in [4.78, 5) is 15.3. The first kappa shape index (κ1) is 16.7. The van der Waals surface area contributed by atoms with Crippen molar-refractivity contribution in [3.63, 3.8) is 0 Å². The average Bonchev–Trinajstić information content (AvgIpc) is 2.88. The van der Waals surface area contributed by atoms with Crippen molar-refractivity contribution in [3.05, 3.63) is 48.2 Å². The number of fused-ring (bicyclic) bond motifs is 3. The number of ether oxygens (including phenoxy) is 1. The highest BCUT2D eigenvalue weighted by Gasteiger charge is 2.20. The highest BCUT2D eigenvalue weighted by Crippen LogP contribution is 2.29. The SMILES string of the molecule is CN(C)CCOC(=O)c1c2ccc(S(C)=O)cc2n2ccccc12. The van der Waals surface area contributed by atoms with Crippen LogP contribution in [0.5, 0.6) is 0 Å². The Morgan fingerprint density at radius 1 is 1.21 bits per heavy atom. The minimum atomic E-state index is -1.07. The normalized spacial score (nSPS) is 12.8. The molecule has 0 N–H and O–H groups in total. The standard InChI is InChI=1S/C18H20N2O3S/c1-19(2)10-11-23-18(21)17-14-8-7-13(24(3)22)12-16(14)20-9-5-4-6-15(17)20/h4-9,12H,10-11H2,1-3H3. The number of nitrogens with zero attached hydrogens (tertiary/aromatic N) is 2. The van der Waals surface area contributed by atoms with Gasteiger partial charge < -0.3 is 14.0 Å². The lowest BCUT2D eigenvalue weighted by molar-refractivity contribution is 0.0486. The first-order chi connectivity index (χ1) is 11.5. The minimum absolute atomic E-state index is 0.332. The first-order valence-corrected chi connectivity index (χ1v) is 9.23. The lowest BCUT2D eigenvalue weighted by atomic mass is 10.1. The molecule has 6 heteroatoms. The maximum Gasteiger partial charge on any atom is 0.341 e. The summed E-state index contributed by atoms with van der Waals surface area (Å²) in [6.07, 6.45) is 3.55. The Morgan fingerprint density at radius 3 is 2.71 bits per heavy atom. The van der Waals surface area contributed by atoms with Crippen molar-refractivity contribution in [1.29, 1.82) is 0 Å². The third-order valence-corrected chi connectivity index (χ3v) is 4.84. The number of pyridine rings is 1. The predicted molar refractivity (Wildman–Crippen MR) is 96.1 cm³/mol. The van der Waals surface area contributed by atoms with Gasteiger partial charge in [-0.25, -0.2) is 4.79 Å². The van der Waals surface area contributed by atoms with Gasteiger partial charge >= 0.3 is 5.97 Å². The molecule has 0 fully saturated rings. The molecule has 2 aromatic heterocycles. The fraction of sp³-hybridized carbons (Fsp3) is 0.278. The van der Waals surface area contributed by atoms with Crippen LogP contribution in [0.1, 0.15) is 10.4 Å². The number of aromatic nitrogens is 1. The molecule has 1 atom stereocenters. The van der Waals surface area contributed by atoms with Crippen LogP contribution in [0.2, 0.25) is 0 Å². The van der Waals surface area contributed by atoms with Crippen LogP contribution >= 0.6 is 0 Å². The zero-order valence-corrected chi connectivity index (χ0v) is 14.8. The van der Waals surface area contributed by atoms with Gasteiger partial charge in [-0.05, 0) is 38.4 Å². The van der Waals surface area contributed by atoms with E-state index in [9.17, 15) is 9.00 Å². The third kappa shape index (κ3) is 3.07. The Hall–Kier alpha value is -2.18. The van der Waals surface area contributed by atoms with E-state index in [2.05, 4.69) is 0 Å². The Kier molecular flexibility index (Phi) is 4.69. The van der Waals surface area contributed by atoms with E-state index >= 15 is 0 Å². The van der Waals surface area contributed by atoms with E-state index in [1.807, 2.05) is 59.9 Å². The fourth-order valence-corrected chi connectivity index (χ4v) is 3.24. The van der Waals surface area contributed by atoms with Crippen LogP contribution in [0.25, 0.3) is 16.4 Å². The van der Waals surface area contributed by atoms with Crippen LogP contribution in [0, 0.1) is 0 Å². The topological polar surface area (TPSA) is 51.0 Å². The molecule has 0 amide bonds. The van der Waals surface area contributed by atoms with Crippen LogP contribution in [0.15, 0.2) is 47.5 Å². The molecule has 3 aromatic rings. The molecule has 0 radical (unpaired) electrons. The Balaban J connectivity index is 2.11. The average molecular weight is 344 g/mol. The zero-order chi connectivity index (χ0) is 17.3. The van der Waals surface area contributed by atoms with E-state index in [-0.39, 0.29) is 5.97 Å². The molecule has 0 saturated heterocycles. The van der Waals surface area contributed by atoms with Crippen molar-refractivity contribution < 1.29 is 13.7 Å². The molecule has 2 heterocycles. The second-order valence-electron chi connectivity index (χ2n) is 5.90. The van der Waals surface area contributed by atoms with Gasteiger partial charge in [0.15, 0.2) is 0 Å². The van der Waals surface area contributed by atoms with Gasteiger partial charge in [-0.1, -0.05) is 12.1 Å². The third-order valence-electron chi connectivity index (χ3n) is 3.92. The van der Waals surface area contributed by atoms with Gasteiger partial charge in [-0.2, -0.15) is 0 Å². The van der Waals surface area contributed by atoms with Crippen molar-refractivity contribution in [2.75, 3.05) is 33.5 Å². The number of carbonyl (C=O) groups is 1. The number of rotatable bonds is 5. The Morgan fingerprint density at radius 2 is 2.00 bits per heavy atom. The van der Waals surface area contributed by atoms with Crippen LogP contribution in [0.4, 0.5) is 0 Å². The summed E-state index contributed by atoms with van der Waals surface area (Å²) in [5.74, 6) is -0.332. The number of hydrogen-bond donors (Lipinski definition) is 0. The molecule has 0 aliphatic carbocycles. The van der Waals surface area contributed by atoms with E-state index in [4.69, 9.17) is 4.74 Å². The largest absolute Gasteiger partial charge is 0.461 e. The molecule has 0 bridgehead atoms. The van der Waals surface area contributed by atoms with Gasteiger partial charge in [0.05, 0.1) is 16.6 Å². The molecule has 0 spiro atoms. The fourth-order valence-electron chi connectivity index (χ4n) is 2.70. The second kappa shape index (κ2) is 6.75. The van der Waals surface area contributed by atoms with Gasteiger partial charge in [-0.15, -0.1) is 0 Å². The van der Waals surface area contributed by atoms with Gasteiger partial charge in [0.2, 0.25) is 0 Å². The summed E-state index contributed by atoms with van der Waals surface area (Å²) in [6, 6.07) is 11.2. The van der Waals surface area contributed by atoms with Crippen molar-refractivity contribution in [3.8, 4) is 0 Å². The maximum atomic E-state index is 12.6. The molecular formula is C18H20N2O3S. The van der Waals surface area contributed by atoms with Gasteiger partial charge in [-0.3, -0.25) is 4.21 Å². The summed E-state index contributed by atoms with van der Waals surface area (Å²) in [5, 5.41) is 0.810. The number of carbonyl (C=O) groups excluding carboxylic acids is 1. The molecular weight excluding hydrogens is 324 g/mol. The summed E-state index contributed by atoms with van der Waals surface area (Å²) in [7, 11) is 2.79. The van der Waals surface area contributed by atoms with Gasteiger partial charge in [0.25, 0.3) is 0 Å². The molecule has 1 unspecified atom stereocenters. The van der Waals surface area contributed by atoms with Crippen molar-refractivity contribution in [1.82, 2.24) is 9.30 Å². The molecule has 3 rings (SSSR count). The highest BCUT2D eigenvalue weighted by atomic mass is 32.2. The van der Waals surface area contributed by atoms with E-state index in [0.29, 0.717) is 18.7 Å². The second-order valence-corrected chi connectivity index (χ2v) is 7.28. The maximum absolute atomic E-state index is 12.6. The molecule has 0 saturated carbocycles. The Labute approximate surface area is 143 Å². The van der Waals surface area contributed by atoms with Gasteiger partial charge in [0, 0.05) is 40.1 Å². The molecule has 126 valence electrons. The van der Waals surface area contributed by atoms with E-state index in [0.717, 1.165) is 21.3 Å². The van der Waals surface area contributed by atoms with Crippen LogP contribution in [0.3, 0.4) is 0 Å². The van der Waals surface area contributed by atoms with E-state index in [1.54, 1.807) is 12.3 Å². The predicted octanol–water partition coefficient (Wildman–Crippen LogP) is 2.55. The minimum Gasteiger partial charge on any atom is -0.461 e. The monoisotopic (exact) mass is 344 g/mol. The zero-order valence-electron chi connectivity index (χ0n) is 14.0.